The fourth-order valence-electron chi connectivity index (χ4n) is 4.40. The lowest BCUT2D eigenvalue weighted by Gasteiger charge is -2.31. The topological polar surface area (TPSA) is 129 Å². The van der Waals surface area contributed by atoms with Crippen LogP contribution in [-0.4, -0.2) is 74.6 Å². The molecule has 0 amide bonds. The molecule has 1 atom stereocenters. The molecule has 1 aliphatic heterocycles. The number of carbonyl (C=O) groups is 2. The number of pyridine rings is 1. The molecule has 1 unspecified atom stereocenters. The Labute approximate surface area is 247 Å². The van der Waals surface area contributed by atoms with Crippen LogP contribution in [0.2, 0.25) is 0 Å². The Morgan fingerprint density at radius 2 is 1.59 bits per heavy atom. The van der Waals surface area contributed by atoms with Gasteiger partial charge in [-0.3, -0.25) is 9.88 Å². The number of aromatic nitrogens is 3. The van der Waals surface area contributed by atoms with E-state index in [1.54, 1.807) is 7.11 Å². The van der Waals surface area contributed by atoms with Gasteiger partial charge in [0, 0.05) is 31.4 Å². The number of methoxy groups -OCH3 is 1. The number of piperidine rings is 1. The predicted molar refractivity (Wildman–Crippen MR) is 147 cm³/mol. The highest BCUT2D eigenvalue weighted by Crippen LogP contribution is 2.30. The van der Waals surface area contributed by atoms with Gasteiger partial charge in [-0.05, 0) is 72.5 Å². The molecular weight excluding hydrogens is 598 g/mol. The van der Waals surface area contributed by atoms with Crippen LogP contribution in [0, 0.1) is 0 Å². The normalized spacial score (nSPS) is 15.4. The Bertz CT molecular complexity index is 1520. The average Bonchev–Trinajstić information content (AvgIpc) is 3.41. The summed E-state index contributed by atoms with van der Waals surface area (Å²) in [7, 11) is 1.72. The summed E-state index contributed by atoms with van der Waals surface area (Å²) in [5.41, 5.74) is 5.78. The van der Waals surface area contributed by atoms with E-state index in [2.05, 4.69) is 51.3 Å². The molecule has 9 nitrogen and oxygen atoms in total. The zero-order chi connectivity index (χ0) is 32.5. The Morgan fingerprint density at radius 1 is 0.955 bits per heavy atom. The summed E-state index contributed by atoms with van der Waals surface area (Å²) in [6.45, 7) is 3.09. The van der Waals surface area contributed by atoms with E-state index in [0.717, 1.165) is 42.2 Å². The molecule has 5 rings (SSSR count). The summed E-state index contributed by atoms with van der Waals surface area (Å²) in [5, 5.41) is 14.2. The maximum Gasteiger partial charge on any atom is 0.490 e. The van der Waals surface area contributed by atoms with Crippen molar-refractivity contribution in [1.29, 1.82) is 0 Å². The number of aliphatic carboxylic acids is 2. The number of aromatic amines is 1. The summed E-state index contributed by atoms with van der Waals surface area (Å²) >= 11 is 0. The van der Waals surface area contributed by atoms with Crippen molar-refractivity contribution in [2.75, 3.05) is 20.2 Å². The number of halogens is 6. The number of fused-ring (bicyclic) bond motifs is 1. The van der Waals surface area contributed by atoms with Gasteiger partial charge in [-0.25, -0.2) is 14.6 Å². The maximum atomic E-state index is 10.6. The first-order valence-electron chi connectivity index (χ1n) is 13.0. The van der Waals surface area contributed by atoms with E-state index in [0.29, 0.717) is 5.92 Å². The van der Waals surface area contributed by atoms with Crippen LogP contribution in [0.3, 0.4) is 0 Å². The number of imidazole rings is 1. The van der Waals surface area contributed by atoms with Crippen molar-refractivity contribution in [2.45, 2.75) is 37.7 Å². The second kappa shape index (κ2) is 14.7. The minimum absolute atomic E-state index is 0.432. The second-order valence-corrected chi connectivity index (χ2v) is 9.62. The number of rotatable bonds is 5. The number of alkyl halides is 6. The van der Waals surface area contributed by atoms with E-state index in [9.17, 15) is 26.3 Å². The van der Waals surface area contributed by atoms with Gasteiger partial charge in [-0.1, -0.05) is 18.2 Å². The molecule has 15 heteroatoms. The van der Waals surface area contributed by atoms with Gasteiger partial charge in [-0.15, -0.1) is 0 Å². The Kier molecular flexibility index (Phi) is 11.3. The van der Waals surface area contributed by atoms with Gasteiger partial charge in [-0.2, -0.15) is 26.3 Å². The Hall–Kier alpha value is -4.66. The van der Waals surface area contributed by atoms with E-state index in [4.69, 9.17) is 29.5 Å². The second-order valence-electron chi connectivity index (χ2n) is 9.62. The lowest BCUT2D eigenvalue weighted by molar-refractivity contribution is -0.193. The molecule has 0 bridgehead atoms. The van der Waals surface area contributed by atoms with Crippen molar-refractivity contribution >= 4 is 23.0 Å². The molecule has 3 heterocycles. The zero-order valence-corrected chi connectivity index (χ0v) is 23.2. The highest BCUT2D eigenvalue weighted by molar-refractivity contribution is 5.82. The van der Waals surface area contributed by atoms with Gasteiger partial charge in [0.25, 0.3) is 0 Å². The monoisotopic (exact) mass is 626 g/mol. The minimum atomic E-state index is -5.08. The third-order valence-electron chi connectivity index (χ3n) is 6.43. The molecule has 1 fully saturated rings. The summed E-state index contributed by atoms with van der Waals surface area (Å²) in [6.07, 6.45) is -4.15. The third kappa shape index (κ3) is 9.97. The van der Waals surface area contributed by atoms with Crippen molar-refractivity contribution in [3.8, 4) is 16.9 Å². The molecule has 0 spiro atoms. The molecule has 1 saturated heterocycles. The molecule has 44 heavy (non-hydrogen) atoms. The van der Waals surface area contributed by atoms with Crippen molar-refractivity contribution in [1.82, 2.24) is 19.9 Å². The smallest absolute Gasteiger partial charge is 0.490 e. The minimum Gasteiger partial charge on any atom is -0.497 e. The van der Waals surface area contributed by atoms with Crippen LogP contribution >= 0.6 is 0 Å². The Balaban J connectivity index is 0.000000317. The summed E-state index contributed by atoms with van der Waals surface area (Å²) in [6, 6.07) is 18.9. The molecular formula is C29H28F6N4O5. The average molecular weight is 627 g/mol. The van der Waals surface area contributed by atoms with Crippen molar-refractivity contribution in [3.63, 3.8) is 0 Å². The van der Waals surface area contributed by atoms with E-state index < -0.39 is 24.3 Å². The number of carboxylic acids is 2. The summed E-state index contributed by atoms with van der Waals surface area (Å²) in [5.74, 6) is -3.06. The molecule has 0 radical (unpaired) electrons. The van der Waals surface area contributed by atoms with E-state index in [-0.39, 0.29) is 0 Å². The number of H-pyrrole nitrogens is 1. The molecule has 2 aromatic heterocycles. The van der Waals surface area contributed by atoms with Crippen LogP contribution in [0.5, 0.6) is 5.75 Å². The van der Waals surface area contributed by atoms with Gasteiger partial charge in [0.15, 0.2) is 0 Å². The highest BCUT2D eigenvalue weighted by atomic mass is 19.4. The zero-order valence-electron chi connectivity index (χ0n) is 23.2. The van der Waals surface area contributed by atoms with Crippen LogP contribution in [0.1, 0.15) is 30.1 Å². The van der Waals surface area contributed by atoms with E-state index >= 15 is 0 Å². The number of ether oxygens (including phenoxy) is 1. The maximum absolute atomic E-state index is 10.6. The number of nitrogens with zero attached hydrogens (tertiary/aromatic N) is 3. The predicted octanol–water partition coefficient (Wildman–Crippen LogP) is 6.28. The number of likely N-dealkylation sites (tertiary alicyclic amines) is 1. The largest absolute Gasteiger partial charge is 0.497 e. The van der Waals surface area contributed by atoms with Crippen LogP contribution in [0.4, 0.5) is 26.3 Å². The number of benzene rings is 2. The molecule has 2 aromatic carbocycles. The molecule has 1 aliphatic rings. The van der Waals surface area contributed by atoms with Crippen LogP contribution in [0.25, 0.3) is 22.2 Å². The van der Waals surface area contributed by atoms with Crippen molar-refractivity contribution in [2.24, 2.45) is 0 Å². The van der Waals surface area contributed by atoms with Gasteiger partial charge < -0.3 is 19.9 Å². The SMILES string of the molecule is COc1cccc(CN2CCCC(c3nc4ccc(-c5ccncc5)cc4[nH]3)C2)c1.O=C(O)C(F)(F)F.O=C(O)C(F)(F)F. The first-order valence-corrected chi connectivity index (χ1v) is 13.0. The highest BCUT2D eigenvalue weighted by Gasteiger charge is 2.38. The van der Waals surface area contributed by atoms with E-state index in [1.807, 2.05) is 30.6 Å². The summed E-state index contributed by atoms with van der Waals surface area (Å²) < 4.78 is 68.8. The fourth-order valence-corrected chi connectivity index (χ4v) is 4.40. The number of hydrogen-bond donors (Lipinski definition) is 3. The lowest BCUT2D eigenvalue weighted by atomic mass is 9.97. The third-order valence-corrected chi connectivity index (χ3v) is 6.43. The number of hydrogen-bond acceptors (Lipinski definition) is 6. The first kappa shape index (κ1) is 33.8. The van der Waals surface area contributed by atoms with Gasteiger partial charge in [0.2, 0.25) is 0 Å². The summed E-state index contributed by atoms with van der Waals surface area (Å²) in [4.78, 5) is 33.0. The van der Waals surface area contributed by atoms with Crippen LogP contribution in [-0.2, 0) is 16.1 Å². The van der Waals surface area contributed by atoms with Gasteiger partial charge >= 0.3 is 24.3 Å². The number of nitrogens with one attached hydrogen (secondary N) is 1. The Morgan fingerprint density at radius 3 is 2.18 bits per heavy atom. The lowest BCUT2D eigenvalue weighted by Crippen LogP contribution is -2.34. The molecule has 3 N–H and O–H groups in total. The first-order chi connectivity index (χ1) is 20.7. The molecule has 236 valence electrons. The molecule has 4 aromatic rings. The number of carboxylic acid groups (broad SMARTS) is 2. The van der Waals surface area contributed by atoms with Crippen molar-refractivity contribution < 1.29 is 50.9 Å². The van der Waals surface area contributed by atoms with Gasteiger partial charge in [0.1, 0.15) is 11.6 Å². The van der Waals surface area contributed by atoms with Crippen molar-refractivity contribution in [3.05, 3.63) is 78.4 Å². The quantitative estimate of drug-likeness (QED) is 0.221. The fraction of sp³-hybridized carbons (Fsp3) is 0.310. The van der Waals surface area contributed by atoms with Crippen LogP contribution < -0.4 is 4.74 Å². The van der Waals surface area contributed by atoms with E-state index in [1.165, 1.54) is 29.5 Å². The molecule has 0 saturated carbocycles. The van der Waals surface area contributed by atoms with Gasteiger partial charge in [0.05, 0.1) is 18.1 Å². The van der Waals surface area contributed by atoms with Crippen LogP contribution in [0.15, 0.2) is 67.0 Å². The molecule has 0 aliphatic carbocycles. The standard InChI is InChI=1S/C25H26N4O.2C2HF3O2/c1-30-22-6-2-4-18(14-22)16-29-13-3-5-21(17-29)25-27-23-8-7-20(15-24(23)28-25)19-9-11-26-12-10-19;2*3-2(4,5)1(6)7/h2,4,6-12,14-15,21H,3,5,13,16-17H2,1H3,(H,27,28);2*(H,6,7).